The predicted octanol–water partition coefficient (Wildman–Crippen LogP) is 1.91. The number of thiazole rings is 1. The van der Waals surface area contributed by atoms with E-state index in [1.165, 1.54) is 11.3 Å². The lowest BCUT2D eigenvalue weighted by Gasteiger charge is -2.08. The zero-order chi connectivity index (χ0) is 12.1. The van der Waals surface area contributed by atoms with Gasteiger partial charge in [-0.15, -0.1) is 11.3 Å². The van der Waals surface area contributed by atoms with Crippen LogP contribution in [0, 0.1) is 0 Å². The number of rotatable bonds is 5. The van der Waals surface area contributed by atoms with E-state index in [-0.39, 0.29) is 12.1 Å². The van der Waals surface area contributed by atoms with Gasteiger partial charge in [-0.25, -0.2) is 9.78 Å². The molecule has 94 valence electrons. The quantitative estimate of drug-likeness (QED) is 0.815. The number of carbonyl (C=O) groups excluding carboxylic acids is 1. The monoisotopic (exact) mass is 256 g/mol. The first-order chi connectivity index (χ1) is 8.29. The minimum absolute atomic E-state index is 0.268. The summed E-state index contributed by atoms with van der Waals surface area (Å²) in [4.78, 5) is 15.6. The van der Waals surface area contributed by atoms with Crippen LogP contribution in [0.3, 0.4) is 0 Å². The van der Waals surface area contributed by atoms with Crippen molar-refractivity contribution in [3.05, 3.63) is 11.1 Å². The van der Waals surface area contributed by atoms with E-state index < -0.39 is 0 Å². The standard InChI is InChI=1S/C11H16N2O3S/c1-2-15-10(14)9-7-17-11(13-9)12-6-8-4-3-5-16-8/h7-8H,2-6H2,1H3,(H,12,13). The Bertz CT molecular complexity index is 375. The number of ether oxygens (including phenoxy) is 2. The fourth-order valence-electron chi connectivity index (χ4n) is 1.66. The van der Waals surface area contributed by atoms with Gasteiger partial charge in [-0.3, -0.25) is 0 Å². The predicted molar refractivity (Wildman–Crippen MR) is 65.5 cm³/mol. The van der Waals surface area contributed by atoms with Crippen LogP contribution < -0.4 is 5.32 Å². The number of nitrogens with zero attached hydrogens (tertiary/aromatic N) is 1. The molecule has 1 unspecified atom stereocenters. The van der Waals surface area contributed by atoms with Crippen LogP contribution in [0.4, 0.5) is 5.13 Å². The van der Waals surface area contributed by atoms with E-state index in [4.69, 9.17) is 9.47 Å². The fraction of sp³-hybridized carbons (Fsp3) is 0.636. The minimum atomic E-state index is -0.367. The summed E-state index contributed by atoms with van der Waals surface area (Å²) in [6.07, 6.45) is 2.48. The second-order valence-corrected chi connectivity index (χ2v) is 4.63. The maximum atomic E-state index is 11.4. The SMILES string of the molecule is CCOC(=O)c1csc(NCC2CCCO2)n1. The number of hydrogen-bond donors (Lipinski definition) is 1. The van der Waals surface area contributed by atoms with Crippen molar-refractivity contribution in [2.24, 2.45) is 0 Å². The van der Waals surface area contributed by atoms with Crippen LogP contribution in [-0.4, -0.2) is 36.8 Å². The molecule has 1 aliphatic heterocycles. The molecule has 17 heavy (non-hydrogen) atoms. The Kier molecular flexibility index (Phi) is 4.33. The molecule has 1 aliphatic rings. The first kappa shape index (κ1) is 12.3. The lowest BCUT2D eigenvalue weighted by Crippen LogP contribution is -2.18. The Labute approximate surface area is 104 Å². The molecule has 0 aromatic carbocycles. The highest BCUT2D eigenvalue weighted by Gasteiger charge is 2.16. The van der Waals surface area contributed by atoms with Crippen molar-refractivity contribution in [2.75, 3.05) is 25.1 Å². The molecule has 0 amide bonds. The van der Waals surface area contributed by atoms with E-state index in [0.29, 0.717) is 12.3 Å². The van der Waals surface area contributed by atoms with Crippen LogP contribution in [0.15, 0.2) is 5.38 Å². The maximum absolute atomic E-state index is 11.4. The molecule has 0 aliphatic carbocycles. The minimum Gasteiger partial charge on any atom is -0.461 e. The average molecular weight is 256 g/mol. The van der Waals surface area contributed by atoms with E-state index >= 15 is 0 Å². The smallest absolute Gasteiger partial charge is 0.357 e. The van der Waals surface area contributed by atoms with Crippen LogP contribution >= 0.6 is 11.3 Å². The van der Waals surface area contributed by atoms with Crippen molar-refractivity contribution in [1.82, 2.24) is 4.98 Å². The number of aromatic nitrogens is 1. The summed E-state index contributed by atoms with van der Waals surface area (Å²) in [6, 6.07) is 0. The highest BCUT2D eigenvalue weighted by molar-refractivity contribution is 7.13. The van der Waals surface area contributed by atoms with Gasteiger partial charge in [0.15, 0.2) is 10.8 Å². The Morgan fingerprint density at radius 2 is 2.65 bits per heavy atom. The highest BCUT2D eigenvalue weighted by Crippen LogP contribution is 2.18. The van der Waals surface area contributed by atoms with Gasteiger partial charge in [-0.2, -0.15) is 0 Å². The number of esters is 1. The molecule has 5 nitrogen and oxygen atoms in total. The van der Waals surface area contributed by atoms with Gasteiger partial charge in [0.05, 0.1) is 12.7 Å². The Morgan fingerprint density at radius 3 is 3.35 bits per heavy atom. The summed E-state index contributed by atoms with van der Waals surface area (Å²) >= 11 is 1.41. The number of anilines is 1. The third-order valence-corrected chi connectivity index (χ3v) is 3.29. The van der Waals surface area contributed by atoms with Gasteiger partial charge in [-0.05, 0) is 19.8 Å². The molecule has 0 spiro atoms. The molecular weight excluding hydrogens is 240 g/mol. The zero-order valence-corrected chi connectivity index (χ0v) is 10.6. The Balaban J connectivity index is 1.83. The summed E-state index contributed by atoms with van der Waals surface area (Å²) in [7, 11) is 0. The van der Waals surface area contributed by atoms with Crippen LogP contribution in [0.1, 0.15) is 30.3 Å². The maximum Gasteiger partial charge on any atom is 0.357 e. The van der Waals surface area contributed by atoms with Gasteiger partial charge < -0.3 is 14.8 Å². The summed E-state index contributed by atoms with van der Waals surface area (Å²) in [6.45, 7) is 3.74. The topological polar surface area (TPSA) is 60.5 Å². The van der Waals surface area contributed by atoms with Crippen molar-refractivity contribution in [1.29, 1.82) is 0 Å². The molecule has 1 atom stereocenters. The number of nitrogens with one attached hydrogen (secondary N) is 1. The molecular formula is C11H16N2O3S. The van der Waals surface area contributed by atoms with Gasteiger partial charge in [0, 0.05) is 18.5 Å². The second-order valence-electron chi connectivity index (χ2n) is 3.77. The molecule has 1 fully saturated rings. The average Bonchev–Trinajstić information content (AvgIpc) is 2.98. The van der Waals surface area contributed by atoms with Crippen LogP contribution in [0.2, 0.25) is 0 Å². The van der Waals surface area contributed by atoms with Gasteiger partial charge in [0.1, 0.15) is 0 Å². The number of carbonyl (C=O) groups is 1. The molecule has 2 rings (SSSR count). The zero-order valence-electron chi connectivity index (χ0n) is 9.77. The molecule has 1 aromatic rings. The van der Waals surface area contributed by atoms with E-state index in [0.717, 1.165) is 31.1 Å². The molecule has 1 aromatic heterocycles. The summed E-state index contributed by atoms with van der Waals surface area (Å²) in [5, 5.41) is 5.62. The largest absolute Gasteiger partial charge is 0.461 e. The third kappa shape index (κ3) is 3.41. The van der Waals surface area contributed by atoms with Gasteiger partial charge in [0.2, 0.25) is 0 Å². The summed E-state index contributed by atoms with van der Waals surface area (Å²) in [5.74, 6) is -0.367. The van der Waals surface area contributed by atoms with Gasteiger partial charge in [-0.1, -0.05) is 0 Å². The molecule has 0 saturated carbocycles. The molecule has 1 saturated heterocycles. The van der Waals surface area contributed by atoms with E-state index in [9.17, 15) is 4.79 Å². The van der Waals surface area contributed by atoms with Gasteiger partial charge >= 0.3 is 5.97 Å². The van der Waals surface area contributed by atoms with Crippen LogP contribution in [0.25, 0.3) is 0 Å². The molecule has 6 heteroatoms. The summed E-state index contributed by atoms with van der Waals surface area (Å²) < 4.78 is 10.4. The second kappa shape index (κ2) is 5.97. The molecule has 0 bridgehead atoms. The van der Waals surface area contributed by atoms with Crippen LogP contribution in [-0.2, 0) is 9.47 Å². The van der Waals surface area contributed by atoms with Crippen LogP contribution in [0.5, 0.6) is 0 Å². The third-order valence-electron chi connectivity index (χ3n) is 2.49. The first-order valence-electron chi connectivity index (χ1n) is 5.77. The molecule has 0 radical (unpaired) electrons. The highest BCUT2D eigenvalue weighted by atomic mass is 32.1. The van der Waals surface area contributed by atoms with Crippen molar-refractivity contribution in [2.45, 2.75) is 25.9 Å². The van der Waals surface area contributed by atoms with Gasteiger partial charge in [0.25, 0.3) is 0 Å². The van der Waals surface area contributed by atoms with Crippen molar-refractivity contribution in [3.63, 3.8) is 0 Å². The lowest BCUT2D eigenvalue weighted by atomic mass is 10.2. The molecule has 2 heterocycles. The molecule has 1 N–H and O–H groups in total. The fourth-order valence-corrected chi connectivity index (χ4v) is 2.35. The summed E-state index contributed by atoms with van der Waals surface area (Å²) in [5.41, 5.74) is 0.367. The Hall–Kier alpha value is -1.14. The Morgan fingerprint density at radius 1 is 1.76 bits per heavy atom. The van der Waals surface area contributed by atoms with E-state index in [2.05, 4.69) is 10.3 Å². The first-order valence-corrected chi connectivity index (χ1v) is 6.65. The van der Waals surface area contributed by atoms with E-state index in [1.807, 2.05) is 0 Å². The lowest BCUT2D eigenvalue weighted by molar-refractivity contribution is 0.0520. The van der Waals surface area contributed by atoms with Crippen molar-refractivity contribution in [3.8, 4) is 0 Å². The van der Waals surface area contributed by atoms with Crippen molar-refractivity contribution < 1.29 is 14.3 Å². The van der Waals surface area contributed by atoms with Crippen molar-refractivity contribution >= 4 is 22.4 Å². The normalized spacial score (nSPS) is 19.2. The van der Waals surface area contributed by atoms with E-state index in [1.54, 1.807) is 12.3 Å². The number of hydrogen-bond acceptors (Lipinski definition) is 6.